The molecule has 0 aliphatic carbocycles. The number of nitrogens with zero attached hydrogens (tertiary/aromatic N) is 5. The van der Waals surface area contributed by atoms with E-state index in [0.717, 1.165) is 11.4 Å². The number of esters is 2. The lowest BCUT2D eigenvalue weighted by molar-refractivity contribution is 0.0586. The Bertz CT molecular complexity index is 1890. The average Bonchev–Trinajstić information content (AvgIpc) is 3.82. The van der Waals surface area contributed by atoms with Crippen molar-refractivity contribution in [3.63, 3.8) is 0 Å². The fraction of sp³-hybridized carbons (Fsp3) is 0.0625. The minimum Gasteiger partial charge on any atom is -0.464 e. The monoisotopic (exact) mass is 692 g/mol. The van der Waals surface area contributed by atoms with E-state index in [-0.39, 0.29) is 5.69 Å². The second-order valence-electron chi connectivity index (χ2n) is 9.10. The molecule has 0 atom stereocenters. The van der Waals surface area contributed by atoms with Crippen LogP contribution in [0.1, 0.15) is 21.0 Å². The molecule has 0 bridgehead atoms. The normalized spacial score (nSPS) is 9.98. The molecule has 4 heterocycles. The molecule has 0 aliphatic rings. The van der Waals surface area contributed by atoms with Crippen LogP contribution in [-0.4, -0.2) is 55.6 Å². The molecular formula is C32H27Cl3N8O4. The van der Waals surface area contributed by atoms with Gasteiger partial charge in [0.25, 0.3) is 0 Å². The van der Waals surface area contributed by atoms with E-state index in [2.05, 4.69) is 45.0 Å². The van der Waals surface area contributed by atoms with Gasteiger partial charge in [-0.3, -0.25) is 0 Å². The molecule has 0 saturated carbocycles. The van der Waals surface area contributed by atoms with E-state index in [4.69, 9.17) is 34.8 Å². The summed E-state index contributed by atoms with van der Waals surface area (Å²) in [5, 5.41) is 7.69. The second kappa shape index (κ2) is 17.3. The maximum atomic E-state index is 11.5. The molecule has 2 aromatic carbocycles. The van der Waals surface area contributed by atoms with Gasteiger partial charge in [0.2, 0.25) is 0 Å². The molecule has 47 heavy (non-hydrogen) atoms. The van der Waals surface area contributed by atoms with Crippen LogP contribution in [-0.2, 0) is 9.47 Å². The van der Waals surface area contributed by atoms with Gasteiger partial charge in [0.15, 0.2) is 5.69 Å². The highest BCUT2D eigenvalue weighted by molar-refractivity contribution is 6.42. The van der Waals surface area contributed by atoms with Crippen LogP contribution in [0.2, 0.25) is 15.1 Å². The van der Waals surface area contributed by atoms with Gasteiger partial charge in [-0.15, -0.1) is 0 Å². The number of carbonyl (C=O) groups excluding carboxylic acids is 2. The van der Waals surface area contributed by atoms with Crippen molar-refractivity contribution in [2.45, 2.75) is 0 Å². The lowest BCUT2D eigenvalue weighted by Crippen LogP contribution is -2.01. The number of benzene rings is 2. The summed E-state index contributed by atoms with van der Waals surface area (Å²) in [6, 6.07) is 22.9. The number of hydrogen-bond donors (Lipinski definition) is 3. The zero-order valence-electron chi connectivity index (χ0n) is 24.9. The lowest BCUT2D eigenvalue weighted by atomic mass is 10.3. The van der Waals surface area contributed by atoms with Crippen molar-refractivity contribution in [1.82, 2.24) is 29.5 Å². The maximum absolute atomic E-state index is 11.5. The van der Waals surface area contributed by atoms with Gasteiger partial charge >= 0.3 is 11.9 Å². The number of rotatable bonds is 7. The summed E-state index contributed by atoms with van der Waals surface area (Å²) in [4.78, 5) is 40.7. The molecule has 6 aromatic rings. The van der Waals surface area contributed by atoms with Crippen LogP contribution in [0.5, 0.6) is 0 Å². The molecule has 0 radical (unpaired) electrons. The van der Waals surface area contributed by atoms with Gasteiger partial charge in [-0.25, -0.2) is 29.5 Å². The first-order valence-corrected chi connectivity index (χ1v) is 14.7. The summed E-state index contributed by atoms with van der Waals surface area (Å²) in [5.41, 5.74) is 3.11. The Morgan fingerprint density at radius 1 is 0.723 bits per heavy atom. The van der Waals surface area contributed by atoms with Crippen molar-refractivity contribution in [2.24, 2.45) is 0 Å². The van der Waals surface area contributed by atoms with Gasteiger partial charge in [0.05, 0.1) is 53.7 Å². The molecule has 4 aromatic heterocycles. The van der Waals surface area contributed by atoms with Crippen molar-refractivity contribution < 1.29 is 19.1 Å². The van der Waals surface area contributed by atoms with Crippen molar-refractivity contribution >= 4 is 69.8 Å². The number of ether oxygens (including phenoxy) is 2. The predicted octanol–water partition coefficient (Wildman–Crippen LogP) is 7.78. The molecule has 0 amide bonds. The Morgan fingerprint density at radius 3 is 1.83 bits per heavy atom. The SMILES string of the molecule is COC(=O)c1cn(-c2cc(Nc3ccccc3)ncc2Cl)cn1.COC(=O)c1cnc[nH]1.Clc1cnc(Nc2ccccc2)cc1Cl. The number of hydrogen-bond acceptors (Lipinski definition) is 10. The second-order valence-corrected chi connectivity index (χ2v) is 10.3. The van der Waals surface area contributed by atoms with Crippen LogP contribution >= 0.6 is 34.8 Å². The molecule has 12 nitrogen and oxygen atoms in total. The van der Waals surface area contributed by atoms with Gasteiger partial charge in [0, 0.05) is 35.9 Å². The van der Waals surface area contributed by atoms with Crippen LogP contribution in [0.15, 0.2) is 110 Å². The largest absolute Gasteiger partial charge is 0.464 e. The molecule has 15 heteroatoms. The number of anilines is 4. The molecule has 6 rings (SSSR count). The Kier molecular flexibility index (Phi) is 12.7. The molecule has 0 aliphatic heterocycles. The summed E-state index contributed by atoms with van der Waals surface area (Å²) >= 11 is 17.8. The number of aromatic nitrogens is 6. The first-order chi connectivity index (χ1) is 22.8. The van der Waals surface area contributed by atoms with E-state index in [0.29, 0.717) is 38.1 Å². The van der Waals surface area contributed by atoms with Crippen molar-refractivity contribution in [2.75, 3.05) is 24.9 Å². The summed E-state index contributed by atoms with van der Waals surface area (Å²) in [5.74, 6) is 0.406. The number of halogens is 3. The molecule has 0 unspecified atom stereocenters. The first kappa shape index (κ1) is 34.4. The van der Waals surface area contributed by atoms with Gasteiger partial charge in [0.1, 0.15) is 23.7 Å². The highest BCUT2D eigenvalue weighted by Crippen LogP contribution is 2.25. The standard InChI is InChI=1S/C16H13ClN4O2.C11H8Cl2N2.C5H6N2O2/c1-23-16(22)13-9-21(10-19-13)14-7-15(18-8-12(14)17)20-11-5-3-2-4-6-11;12-9-6-11(14-7-10(9)13)15-8-4-2-1-3-5-8;1-9-5(8)4-2-6-3-7-4/h2-10H,1H3,(H,18,20);1-7H,(H,14,15);2-3H,1H3,(H,6,7). The molecule has 0 fully saturated rings. The number of para-hydroxylation sites is 2. The van der Waals surface area contributed by atoms with E-state index in [1.807, 2.05) is 60.7 Å². The molecule has 0 spiro atoms. The van der Waals surface area contributed by atoms with E-state index in [1.165, 1.54) is 39.3 Å². The number of aromatic amines is 1. The third-order valence-electron chi connectivity index (χ3n) is 5.89. The Balaban J connectivity index is 0.000000178. The molecule has 0 saturated heterocycles. The van der Waals surface area contributed by atoms with Crippen molar-refractivity contribution in [3.8, 4) is 5.69 Å². The number of carbonyl (C=O) groups is 2. The maximum Gasteiger partial charge on any atom is 0.358 e. The van der Waals surface area contributed by atoms with Crippen LogP contribution < -0.4 is 10.6 Å². The number of pyridine rings is 2. The first-order valence-electron chi connectivity index (χ1n) is 13.6. The fourth-order valence-electron chi connectivity index (χ4n) is 3.66. The van der Waals surface area contributed by atoms with Gasteiger partial charge in [-0.2, -0.15) is 0 Å². The topological polar surface area (TPSA) is 149 Å². The van der Waals surface area contributed by atoms with Crippen LogP contribution in [0, 0.1) is 0 Å². The van der Waals surface area contributed by atoms with Crippen LogP contribution in [0.4, 0.5) is 23.0 Å². The number of H-pyrrole nitrogens is 1. The number of methoxy groups -OCH3 is 2. The van der Waals surface area contributed by atoms with Gasteiger partial charge < -0.3 is 29.7 Å². The molecule has 3 N–H and O–H groups in total. The summed E-state index contributed by atoms with van der Waals surface area (Å²) in [6.45, 7) is 0. The lowest BCUT2D eigenvalue weighted by Gasteiger charge is -2.09. The Hall–Kier alpha value is -5.43. The summed E-state index contributed by atoms with van der Waals surface area (Å²) in [7, 11) is 2.63. The average molecular weight is 694 g/mol. The zero-order chi connectivity index (χ0) is 33.6. The van der Waals surface area contributed by atoms with Crippen molar-refractivity contribution in [3.05, 3.63) is 137 Å². The van der Waals surface area contributed by atoms with Crippen LogP contribution in [0.25, 0.3) is 5.69 Å². The third kappa shape index (κ3) is 10.3. The highest BCUT2D eigenvalue weighted by Gasteiger charge is 2.12. The molecular weight excluding hydrogens is 667 g/mol. The van der Waals surface area contributed by atoms with E-state index in [9.17, 15) is 9.59 Å². The quantitative estimate of drug-likeness (QED) is 0.142. The number of nitrogens with one attached hydrogen (secondary N) is 3. The van der Waals surface area contributed by atoms with Crippen molar-refractivity contribution in [1.29, 1.82) is 0 Å². The summed E-state index contributed by atoms with van der Waals surface area (Å²) < 4.78 is 10.7. The molecule has 240 valence electrons. The minimum absolute atomic E-state index is 0.206. The van der Waals surface area contributed by atoms with Gasteiger partial charge in [-0.05, 0) is 24.3 Å². The third-order valence-corrected chi connectivity index (χ3v) is 6.90. The Labute approximate surface area is 284 Å². The predicted molar refractivity (Wildman–Crippen MR) is 181 cm³/mol. The summed E-state index contributed by atoms with van der Waals surface area (Å²) in [6.07, 6.45) is 8.95. The van der Waals surface area contributed by atoms with E-state index >= 15 is 0 Å². The smallest absolute Gasteiger partial charge is 0.358 e. The number of imidazole rings is 2. The zero-order valence-corrected chi connectivity index (χ0v) is 27.2. The van der Waals surface area contributed by atoms with E-state index < -0.39 is 11.9 Å². The highest BCUT2D eigenvalue weighted by atomic mass is 35.5. The minimum atomic E-state index is -0.503. The van der Waals surface area contributed by atoms with E-state index in [1.54, 1.807) is 29.1 Å². The van der Waals surface area contributed by atoms with Crippen LogP contribution in [0.3, 0.4) is 0 Å². The van der Waals surface area contributed by atoms with Gasteiger partial charge in [-0.1, -0.05) is 71.2 Å². The fourth-order valence-corrected chi connectivity index (χ4v) is 4.11. The Morgan fingerprint density at radius 2 is 1.30 bits per heavy atom.